The van der Waals surface area contributed by atoms with E-state index in [0.717, 1.165) is 18.9 Å². The Morgan fingerprint density at radius 3 is 2.10 bits per heavy atom. The Hall–Kier alpha value is -2.89. The molecule has 5 nitrogen and oxygen atoms in total. The molecule has 4 rings (SSSR count). The van der Waals surface area contributed by atoms with E-state index in [4.69, 9.17) is 0 Å². The summed E-state index contributed by atoms with van der Waals surface area (Å²) in [6.45, 7) is 5.11. The predicted octanol–water partition coefficient (Wildman–Crippen LogP) is 3.78. The summed E-state index contributed by atoms with van der Waals surface area (Å²) in [5, 5.41) is 9.34. The second kappa shape index (κ2) is 7.50. The normalized spacial score (nSPS) is 21.0. The number of carbonyl (C=O) groups is 2. The highest BCUT2D eigenvalue weighted by molar-refractivity contribution is 5.96. The zero-order valence-electron chi connectivity index (χ0n) is 16.6. The fourth-order valence-corrected chi connectivity index (χ4v) is 4.38. The van der Waals surface area contributed by atoms with Crippen LogP contribution in [-0.4, -0.2) is 51.9 Å². The lowest BCUT2D eigenvalue weighted by Crippen LogP contribution is -2.57. The van der Waals surface area contributed by atoms with Crippen molar-refractivity contribution in [2.45, 2.75) is 44.7 Å². The summed E-state index contributed by atoms with van der Waals surface area (Å²) in [4.78, 5) is 29.5. The van der Waals surface area contributed by atoms with Crippen LogP contribution < -0.4 is 0 Å². The third-order valence-electron chi connectivity index (χ3n) is 6.02. The molecule has 152 valence electrons. The first-order valence-corrected chi connectivity index (χ1v) is 10.1. The van der Waals surface area contributed by atoms with Crippen molar-refractivity contribution >= 4 is 11.8 Å². The van der Waals surface area contributed by atoms with Crippen LogP contribution in [0.1, 0.15) is 58.9 Å². The van der Waals surface area contributed by atoms with Gasteiger partial charge in [0, 0.05) is 24.2 Å². The predicted molar refractivity (Wildman–Crippen MR) is 107 cm³/mol. The van der Waals surface area contributed by atoms with E-state index < -0.39 is 11.6 Å². The van der Waals surface area contributed by atoms with Crippen molar-refractivity contribution in [1.82, 2.24) is 9.80 Å². The molecule has 29 heavy (non-hydrogen) atoms. The number of fused-ring (bicyclic) bond motifs is 2. The highest BCUT2D eigenvalue weighted by atomic mass is 19.1. The summed E-state index contributed by atoms with van der Waals surface area (Å²) in [5.41, 5.74) is 2.08. The maximum absolute atomic E-state index is 13.6. The number of likely N-dealkylation sites (tertiary alicyclic amines) is 1. The highest BCUT2D eigenvalue weighted by Crippen LogP contribution is 2.33. The van der Waals surface area contributed by atoms with E-state index in [0.29, 0.717) is 24.6 Å². The molecular weight excluding hydrogens is 371 g/mol. The van der Waals surface area contributed by atoms with Gasteiger partial charge in [-0.3, -0.25) is 9.59 Å². The Balaban J connectivity index is 1.49. The SMILES string of the molecule is CC(C)c1ccc(C(=O)N2C3CCC2CN(C(=O)c2ccc(O)c(F)c2)C3)cc1. The van der Waals surface area contributed by atoms with Gasteiger partial charge in [0.1, 0.15) is 0 Å². The summed E-state index contributed by atoms with van der Waals surface area (Å²) in [6.07, 6.45) is 1.71. The molecule has 2 heterocycles. The molecule has 2 fully saturated rings. The minimum absolute atomic E-state index is 0.00980. The molecule has 2 bridgehead atoms. The lowest BCUT2D eigenvalue weighted by atomic mass is 10.0. The average Bonchev–Trinajstić information content (AvgIpc) is 2.98. The van der Waals surface area contributed by atoms with Gasteiger partial charge in [0.2, 0.25) is 0 Å². The van der Waals surface area contributed by atoms with Crippen molar-refractivity contribution in [2.24, 2.45) is 0 Å². The van der Waals surface area contributed by atoms with Crippen molar-refractivity contribution in [1.29, 1.82) is 0 Å². The number of phenols is 1. The molecule has 2 aliphatic heterocycles. The number of rotatable bonds is 3. The van der Waals surface area contributed by atoms with Crippen molar-refractivity contribution in [3.63, 3.8) is 0 Å². The van der Waals surface area contributed by atoms with Gasteiger partial charge < -0.3 is 14.9 Å². The van der Waals surface area contributed by atoms with E-state index in [9.17, 15) is 19.1 Å². The number of phenolic OH excluding ortho intramolecular Hbond substituents is 1. The summed E-state index contributed by atoms with van der Waals surface area (Å²) >= 11 is 0. The van der Waals surface area contributed by atoms with Crippen LogP contribution in [0.5, 0.6) is 5.75 Å². The molecule has 2 unspecified atom stereocenters. The van der Waals surface area contributed by atoms with E-state index in [1.54, 1.807) is 4.90 Å². The van der Waals surface area contributed by atoms with Gasteiger partial charge in [0.05, 0.1) is 12.1 Å². The molecule has 2 atom stereocenters. The van der Waals surface area contributed by atoms with Gasteiger partial charge in [0.15, 0.2) is 11.6 Å². The van der Waals surface area contributed by atoms with Gasteiger partial charge in [-0.05, 0) is 54.7 Å². The van der Waals surface area contributed by atoms with E-state index in [1.165, 1.54) is 17.7 Å². The Bertz CT molecular complexity index is 928. The number of piperazine rings is 1. The van der Waals surface area contributed by atoms with Crippen LogP contribution in [0.3, 0.4) is 0 Å². The molecule has 2 aromatic rings. The van der Waals surface area contributed by atoms with Crippen LogP contribution in [0.15, 0.2) is 42.5 Å². The van der Waals surface area contributed by atoms with Gasteiger partial charge in [-0.15, -0.1) is 0 Å². The van der Waals surface area contributed by atoms with Gasteiger partial charge in [-0.2, -0.15) is 0 Å². The molecule has 0 saturated carbocycles. The summed E-state index contributed by atoms with van der Waals surface area (Å²) < 4.78 is 13.6. The van der Waals surface area contributed by atoms with Gasteiger partial charge >= 0.3 is 0 Å². The fourth-order valence-electron chi connectivity index (χ4n) is 4.38. The number of aromatic hydroxyl groups is 1. The van der Waals surface area contributed by atoms with E-state index >= 15 is 0 Å². The minimum Gasteiger partial charge on any atom is -0.505 e. The molecule has 0 spiro atoms. The third kappa shape index (κ3) is 3.59. The van der Waals surface area contributed by atoms with Gasteiger partial charge in [0.25, 0.3) is 11.8 Å². The monoisotopic (exact) mass is 396 g/mol. The molecule has 0 radical (unpaired) electrons. The van der Waals surface area contributed by atoms with Crippen LogP contribution in [0.2, 0.25) is 0 Å². The van der Waals surface area contributed by atoms with Crippen molar-refractivity contribution in [2.75, 3.05) is 13.1 Å². The van der Waals surface area contributed by atoms with Crippen LogP contribution in [0.25, 0.3) is 0 Å². The maximum atomic E-state index is 13.6. The lowest BCUT2D eigenvalue weighted by Gasteiger charge is -2.41. The first-order valence-electron chi connectivity index (χ1n) is 10.1. The Kier molecular flexibility index (Phi) is 5.03. The molecule has 1 N–H and O–H groups in total. The Morgan fingerprint density at radius 2 is 1.55 bits per heavy atom. The standard InChI is InChI=1S/C23H25FN2O3/c1-14(2)15-3-5-16(6-4-15)23(29)26-18-8-9-19(26)13-25(12-18)22(28)17-7-10-21(27)20(24)11-17/h3-7,10-11,14,18-19,27H,8-9,12-13H2,1-2H3. The Labute approximate surface area is 169 Å². The van der Waals surface area contributed by atoms with Crippen LogP contribution in [0.4, 0.5) is 4.39 Å². The number of nitrogens with zero attached hydrogens (tertiary/aromatic N) is 2. The number of hydrogen-bond acceptors (Lipinski definition) is 3. The topological polar surface area (TPSA) is 60.9 Å². The van der Waals surface area contributed by atoms with Gasteiger partial charge in [-0.1, -0.05) is 26.0 Å². The molecule has 2 amide bonds. The molecule has 2 aromatic carbocycles. The number of amides is 2. The average molecular weight is 396 g/mol. The molecule has 2 saturated heterocycles. The van der Waals surface area contributed by atoms with Crippen LogP contribution >= 0.6 is 0 Å². The van der Waals surface area contributed by atoms with E-state index in [2.05, 4.69) is 13.8 Å². The molecule has 6 heteroatoms. The smallest absolute Gasteiger partial charge is 0.254 e. The summed E-state index contributed by atoms with van der Waals surface area (Å²) in [7, 11) is 0. The summed E-state index contributed by atoms with van der Waals surface area (Å²) in [6, 6.07) is 11.4. The quantitative estimate of drug-likeness (QED) is 0.859. The van der Waals surface area contributed by atoms with E-state index in [1.807, 2.05) is 29.2 Å². The Morgan fingerprint density at radius 1 is 0.966 bits per heavy atom. The molecule has 2 aliphatic rings. The maximum Gasteiger partial charge on any atom is 0.254 e. The van der Waals surface area contributed by atoms with Crippen molar-refractivity contribution < 1.29 is 19.1 Å². The molecular formula is C23H25FN2O3. The second-order valence-corrected chi connectivity index (χ2v) is 8.25. The number of hydrogen-bond donors (Lipinski definition) is 1. The number of carbonyl (C=O) groups excluding carboxylic acids is 2. The van der Waals surface area contributed by atoms with Gasteiger partial charge in [-0.25, -0.2) is 4.39 Å². The lowest BCUT2D eigenvalue weighted by molar-refractivity contribution is 0.0360. The largest absolute Gasteiger partial charge is 0.505 e. The number of benzene rings is 2. The highest BCUT2D eigenvalue weighted by Gasteiger charge is 2.44. The third-order valence-corrected chi connectivity index (χ3v) is 6.02. The zero-order chi connectivity index (χ0) is 20.7. The van der Waals surface area contributed by atoms with Crippen molar-refractivity contribution in [3.8, 4) is 5.75 Å². The van der Waals surface area contributed by atoms with Crippen molar-refractivity contribution in [3.05, 3.63) is 65.0 Å². The minimum atomic E-state index is -0.808. The zero-order valence-corrected chi connectivity index (χ0v) is 16.6. The second-order valence-electron chi connectivity index (χ2n) is 8.25. The molecule has 0 aliphatic carbocycles. The first kappa shape index (κ1) is 19.4. The molecule has 0 aromatic heterocycles. The fraction of sp³-hybridized carbons (Fsp3) is 0.391. The van der Waals surface area contributed by atoms with Crippen LogP contribution in [-0.2, 0) is 0 Å². The van der Waals surface area contributed by atoms with E-state index in [-0.39, 0.29) is 29.5 Å². The summed E-state index contributed by atoms with van der Waals surface area (Å²) in [5.74, 6) is -1.13. The number of halogens is 1. The first-order chi connectivity index (χ1) is 13.8. The van der Waals surface area contributed by atoms with Crippen LogP contribution in [0, 0.1) is 5.82 Å².